The maximum Gasteiger partial charge on any atom is 0.356 e. The summed E-state index contributed by atoms with van der Waals surface area (Å²) < 4.78 is 9.28. The fourth-order valence-corrected chi connectivity index (χ4v) is 2.08. The van der Waals surface area contributed by atoms with E-state index in [0.717, 1.165) is 0 Å². The minimum absolute atomic E-state index is 0.0513. The highest BCUT2D eigenvalue weighted by Crippen LogP contribution is 2.31. The third kappa shape index (κ3) is 2.42. The molecule has 0 aliphatic heterocycles. The first kappa shape index (κ1) is 14.6. The largest absolute Gasteiger partial charge is 0.465 e. The number of pyridine rings is 1. The SMILES string of the molecule is COC(=O)c1cc(C(=O)OC)c2ccc(Cl)c(Cl)c2n1. The molecular formula is C13H9Cl2NO4. The molecule has 2 aromatic rings. The molecule has 1 aromatic heterocycles. The van der Waals surface area contributed by atoms with Gasteiger partial charge in [0.05, 0.1) is 35.3 Å². The van der Waals surface area contributed by atoms with E-state index >= 15 is 0 Å². The lowest BCUT2D eigenvalue weighted by molar-refractivity contribution is 0.0594. The van der Waals surface area contributed by atoms with Crippen LogP contribution in [0.5, 0.6) is 0 Å². The molecule has 0 fully saturated rings. The van der Waals surface area contributed by atoms with Crippen molar-refractivity contribution in [2.45, 2.75) is 0 Å². The van der Waals surface area contributed by atoms with Crippen molar-refractivity contribution >= 4 is 46.0 Å². The number of carbonyl (C=O) groups is 2. The molecule has 0 aliphatic rings. The predicted octanol–water partition coefficient (Wildman–Crippen LogP) is 3.11. The van der Waals surface area contributed by atoms with Crippen molar-refractivity contribution in [1.29, 1.82) is 0 Å². The summed E-state index contributed by atoms with van der Waals surface area (Å²) in [5.74, 6) is -1.30. The van der Waals surface area contributed by atoms with E-state index in [2.05, 4.69) is 14.5 Å². The van der Waals surface area contributed by atoms with Crippen LogP contribution in [0, 0.1) is 0 Å². The predicted molar refractivity (Wildman–Crippen MR) is 74.4 cm³/mol. The molecule has 0 unspecified atom stereocenters. The summed E-state index contributed by atoms with van der Waals surface area (Å²) in [5.41, 5.74) is 0.350. The van der Waals surface area contributed by atoms with Crippen LogP contribution in [0.1, 0.15) is 20.8 Å². The molecule has 2 rings (SSSR count). The van der Waals surface area contributed by atoms with Gasteiger partial charge in [-0.2, -0.15) is 0 Å². The van der Waals surface area contributed by atoms with Gasteiger partial charge in [-0.25, -0.2) is 14.6 Å². The highest BCUT2D eigenvalue weighted by atomic mass is 35.5. The summed E-state index contributed by atoms with van der Waals surface area (Å²) in [4.78, 5) is 27.5. The molecule has 20 heavy (non-hydrogen) atoms. The molecule has 0 N–H and O–H groups in total. The van der Waals surface area contributed by atoms with Crippen LogP contribution in [-0.2, 0) is 9.47 Å². The smallest absolute Gasteiger partial charge is 0.356 e. The number of hydrogen-bond acceptors (Lipinski definition) is 5. The Hall–Kier alpha value is -1.85. The van der Waals surface area contributed by atoms with Crippen LogP contribution < -0.4 is 0 Å². The number of methoxy groups -OCH3 is 2. The van der Waals surface area contributed by atoms with Gasteiger partial charge in [-0.05, 0) is 12.1 Å². The van der Waals surface area contributed by atoms with Crippen molar-refractivity contribution in [3.8, 4) is 0 Å². The second-order valence-electron chi connectivity index (χ2n) is 3.80. The number of esters is 2. The first-order valence-electron chi connectivity index (χ1n) is 5.45. The van der Waals surface area contributed by atoms with Crippen molar-refractivity contribution < 1.29 is 19.1 Å². The summed E-state index contributed by atoms with van der Waals surface area (Å²) in [6, 6.07) is 4.42. The second-order valence-corrected chi connectivity index (χ2v) is 4.58. The van der Waals surface area contributed by atoms with Crippen LogP contribution in [0.4, 0.5) is 0 Å². The topological polar surface area (TPSA) is 65.5 Å². The molecule has 0 bridgehead atoms. The van der Waals surface area contributed by atoms with E-state index in [-0.39, 0.29) is 26.8 Å². The Labute approximate surface area is 124 Å². The number of rotatable bonds is 2. The average molecular weight is 314 g/mol. The van der Waals surface area contributed by atoms with E-state index in [1.54, 1.807) is 6.07 Å². The maximum atomic E-state index is 11.8. The standard InChI is InChI=1S/C13H9Cl2NO4/c1-19-12(17)7-5-9(13(18)20-2)16-11-6(7)3-4-8(14)10(11)15/h3-5H,1-2H3. The first-order valence-corrected chi connectivity index (χ1v) is 6.20. The van der Waals surface area contributed by atoms with Crippen molar-refractivity contribution in [3.63, 3.8) is 0 Å². The Morgan fingerprint density at radius 1 is 1.10 bits per heavy atom. The van der Waals surface area contributed by atoms with E-state index in [1.165, 1.54) is 26.4 Å². The van der Waals surface area contributed by atoms with Crippen LogP contribution in [0.25, 0.3) is 10.9 Å². The van der Waals surface area contributed by atoms with E-state index < -0.39 is 11.9 Å². The third-order valence-electron chi connectivity index (χ3n) is 2.67. The van der Waals surface area contributed by atoms with Gasteiger partial charge in [0.25, 0.3) is 0 Å². The fraction of sp³-hybridized carbons (Fsp3) is 0.154. The normalized spacial score (nSPS) is 10.4. The van der Waals surface area contributed by atoms with E-state index in [0.29, 0.717) is 5.39 Å². The van der Waals surface area contributed by atoms with Crippen LogP contribution in [0.15, 0.2) is 18.2 Å². The van der Waals surface area contributed by atoms with Gasteiger partial charge in [0.1, 0.15) is 5.69 Å². The second kappa shape index (κ2) is 5.64. The van der Waals surface area contributed by atoms with Gasteiger partial charge in [-0.3, -0.25) is 0 Å². The van der Waals surface area contributed by atoms with Gasteiger partial charge < -0.3 is 9.47 Å². The molecule has 5 nitrogen and oxygen atoms in total. The van der Waals surface area contributed by atoms with Crippen molar-refractivity contribution in [2.24, 2.45) is 0 Å². The molecule has 1 heterocycles. The summed E-state index contributed by atoms with van der Waals surface area (Å²) >= 11 is 12.0. The summed E-state index contributed by atoms with van der Waals surface area (Å²) in [7, 11) is 2.45. The third-order valence-corrected chi connectivity index (χ3v) is 3.47. The lowest BCUT2D eigenvalue weighted by Crippen LogP contribution is -2.09. The lowest BCUT2D eigenvalue weighted by Gasteiger charge is -2.09. The Bertz CT molecular complexity index is 715. The minimum Gasteiger partial charge on any atom is -0.465 e. The molecule has 0 atom stereocenters. The molecule has 0 saturated carbocycles. The van der Waals surface area contributed by atoms with Gasteiger partial charge in [0.15, 0.2) is 0 Å². The molecule has 7 heteroatoms. The van der Waals surface area contributed by atoms with Crippen LogP contribution >= 0.6 is 23.2 Å². The molecule has 0 amide bonds. The first-order chi connectivity index (χ1) is 9.49. The van der Waals surface area contributed by atoms with Crippen LogP contribution in [0.2, 0.25) is 10.0 Å². The highest BCUT2D eigenvalue weighted by molar-refractivity contribution is 6.45. The lowest BCUT2D eigenvalue weighted by atomic mass is 10.1. The van der Waals surface area contributed by atoms with Crippen molar-refractivity contribution in [2.75, 3.05) is 14.2 Å². The zero-order chi connectivity index (χ0) is 14.9. The monoisotopic (exact) mass is 313 g/mol. The molecule has 0 aliphatic carbocycles. The Kier molecular flexibility index (Phi) is 4.11. The van der Waals surface area contributed by atoms with Gasteiger partial charge in [0, 0.05) is 5.39 Å². The van der Waals surface area contributed by atoms with E-state index in [9.17, 15) is 9.59 Å². The summed E-state index contributed by atoms with van der Waals surface area (Å²) in [5, 5.41) is 0.864. The van der Waals surface area contributed by atoms with E-state index in [1.807, 2.05) is 0 Å². The Balaban J connectivity index is 2.85. The van der Waals surface area contributed by atoms with E-state index in [4.69, 9.17) is 23.2 Å². The Morgan fingerprint density at radius 3 is 2.35 bits per heavy atom. The van der Waals surface area contributed by atoms with Gasteiger partial charge >= 0.3 is 11.9 Å². The van der Waals surface area contributed by atoms with Crippen LogP contribution in [-0.4, -0.2) is 31.1 Å². The summed E-state index contributed by atoms with van der Waals surface area (Å²) in [6.45, 7) is 0. The van der Waals surface area contributed by atoms with Crippen molar-refractivity contribution in [1.82, 2.24) is 4.98 Å². The Morgan fingerprint density at radius 2 is 1.75 bits per heavy atom. The number of nitrogens with zero attached hydrogens (tertiary/aromatic N) is 1. The number of ether oxygens (including phenoxy) is 2. The molecule has 0 spiro atoms. The number of benzene rings is 1. The number of fused-ring (bicyclic) bond motifs is 1. The maximum absolute atomic E-state index is 11.8. The number of hydrogen-bond donors (Lipinski definition) is 0. The fourth-order valence-electron chi connectivity index (χ4n) is 1.72. The summed E-state index contributed by atoms with van der Waals surface area (Å²) in [6.07, 6.45) is 0. The zero-order valence-electron chi connectivity index (χ0n) is 10.6. The molecule has 104 valence electrons. The average Bonchev–Trinajstić information content (AvgIpc) is 2.48. The molecule has 0 radical (unpaired) electrons. The number of carbonyl (C=O) groups excluding carboxylic acids is 2. The minimum atomic E-state index is -0.687. The van der Waals surface area contributed by atoms with Crippen molar-refractivity contribution in [3.05, 3.63) is 39.5 Å². The molecule has 1 aromatic carbocycles. The quantitative estimate of drug-likeness (QED) is 0.797. The van der Waals surface area contributed by atoms with Crippen LogP contribution in [0.3, 0.4) is 0 Å². The van der Waals surface area contributed by atoms with Gasteiger partial charge in [-0.1, -0.05) is 29.3 Å². The van der Waals surface area contributed by atoms with Gasteiger partial charge in [-0.15, -0.1) is 0 Å². The highest BCUT2D eigenvalue weighted by Gasteiger charge is 2.19. The van der Waals surface area contributed by atoms with Gasteiger partial charge in [0.2, 0.25) is 0 Å². The molecule has 0 saturated heterocycles. The number of aromatic nitrogens is 1. The number of halogens is 2. The molecular weight excluding hydrogens is 305 g/mol. The zero-order valence-corrected chi connectivity index (χ0v) is 12.1.